The molecule has 0 aliphatic carbocycles. The molecule has 1 aliphatic rings. The van der Waals surface area contributed by atoms with Crippen LogP contribution in [-0.4, -0.2) is 88.8 Å². The SMILES string of the molecule is O=C(CCCNC(=O)c1ccc(CCNC[C@H](O)c2ccc(O)c3[nH]c(=O)ccc23)cc1)COc1cccc([C@](O)(C(=O)OCC2CCN(Cc3ccccc3)CC2)c2ccccc2)c1. The third kappa shape index (κ3) is 12.3. The van der Waals surface area contributed by atoms with Gasteiger partial charge in [0, 0.05) is 48.6 Å². The molecule has 7 rings (SSSR count). The maximum Gasteiger partial charge on any atom is 0.347 e. The minimum atomic E-state index is -2.10. The summed E-state index contributed by atoms with van der Waals surface area (Å²) in [6.45, 7) is 3.78. The topological polar surface area (TPSA) is 191 Å². The number of hydrogen-bond acceptors (Lipinski definition) is 11. The Morgan fingerprint density at radius 1 is 0.815 bits per heavy atom. The Labute approximate surface area is 378 Å². The Balaban J connectivity index is 0.820. The molecular weight excluding hydrogens is 825 g/mol. The number of H-pyrrole nitrogens is 1. The maximum atomic E-state index is 13.8. The molecule has 2 atom stereocenters. The van der Waals surface area contributed by atoms with Crippen molar-refractivity contribution in [2.75, 3.05) is 45.9 Å². The van der Waals surface area contributed by atoms with Crippen LogP contribution in [0.2, 0.25) is 0 Å². The second-order valence-corrected chi connectivity index (χ2v) is 16.5. The number of hydrogen-bond donors (Lipinski definition) is 6. The second-order valence-electron chi connectivity index (χ2n) is 16.5. The van der Waals surface area contributed by atoms with Crippen molar-refractivity contribution >= 4 is 28.6 Å². The predicted octanol–water partition coefficient (Wildman–Crippen LogP) is 5.95. The molecule has 13 nitrogen and oxygen atoms in total. The zero-order valence-corrected chi connectivity index (χ0v) is 36.3. The molecule has 5 aromatic carbocycles. The van der Waals surface area contributed by atoms with Crippen LogP contribution in [0.25, 0.3) is 10.9 Å². The summed E-state index contributed by atoms with van der Waals surface area (Å²) in [6.07, 6.45) is 2.14. The number of phenolic OH excluding ortho intramolecular Hbond substituents is 1. The lowest BCUT2D eigenvalue weighted by molar-refractivity contribution is -0.164. The Morgan fingerprint density at radius 2 is 1.54 bits per heavy atom. The summed E-state index contributed by atoms with van der Waals surface area (Å²) in [5.41, 5.74) is 1.81. The molecule has 0 saturated carbocycles. The van der Waals surface area contributed by atoms with Crippen LogP contribution in [0.15, 0.2) is 138 Å². The Morgan fingerprint density at radius 3 is 2.29 bits per heavy atom. The van der Waals surface area contributed by atoms with E-state index >= 15 is 0 Å². The van der Waals surface area contributed by atoms with E-state index in [1.165, 1.54) is 17.7 Å². The van der Waals surface area contributed by atoms with E-state index in [0.717, 1.165) is 38.0 Å². The summed E-state index contributed by atoms with van der Waals surface area (Å²) in [5.74, 6) is -0.768. The van der Waals surface area contributed by atoms with Crippen LogP contribution in [0.5, 0.6) is 11.5 Å². The van der Waals surface area contributed by atoms with Gasteiger partial charge in [-0.05, 0) is 110 Å². The van der Waals surface area contributed by atoms with E-state index in [9.17, 15) is 34.5 Å². The molecule has 1 aliphatic heterocycles. The molecule has 1 saturated heterocycles. The molecule has 6 aromatic rings. The number of benzene rings is 5. The van der Waals surface area contributed by atoms with Gasteiger partial charge >= 0.3 is 5.97 Å². The van der Waals surface area contributed by atoms with Gasteiger partial charge in [-0.2, -0.15) is 0 Å². The number of aromatic nitrogens is 1. The van der Waals surface area contributed by atoms with Gasteiger partial charge in [0.15, 0.2) is 5.78 Å². The van der Waals surface area contributed by atoms with Crippen molar-refractivity contribution in [1.29, 1.82) is 0 Å². The third-order valence-corrected chi connectivity index (χ3v) is 11.9. The van der Waals surface area contributed by atoms with Gasteiger partial charge in [-0.15, -0.1) is 0 Å². The van der Waals surface area contributed by atoms with E-state index in [1.54, 1.807) is 78.9 Å². The first-order valence-electron chi connectivity index (χ1n) is 22.1. The van der Waals surface area contributed by atoms with E-state index in [4.69, 9.17) is 9.47 Å². The maximum absolute atomic E-state index is 13.8. The molecule has 0 bridgehead atoms. The monoisotopic (exact) mass is 880 g/mol. The first-order valence-corrected chi connectivity index (χ1v) is 22.1. The number of aromatic hydroxyl groups is 1. The number of pyridine rings is 1. The zero-order valence-electron chi connectivity index (χ0n) is 36.3. The van der Waals surface area contributed by atoms with Gasteiger partial charge in [0.05, 0.1) is 18.2 Å². The lowest BCUT2D eigenvalue weighted by atomic mass is 9.86. The van der Waals surface area contributed by atoms with E-state index < -0.39 is 17.7 Å². The van der Waals surface area contributed by atoms with Crippen molar-refractivity contribution in [3.05, 3.63) is 177 Å². The van der Waals surface area contributed by atoms with Gasteiger partial charge in [-0.3, -0.25) is 19.3 Å². The summed E-state index contributed by atoms with van der Waals surface area (Å²) >= 11 is 0. The van der Waals surface area contributed by atoms with Gasteiger partial charge in [-0.25, -0.2) is 4.79 Å². The fourth-order valence-electron chi connectivity index (χ4n) is 8.12. The standard InChI is InChI=1S/C52H56N4O9/c57-42(14-8-27-54-50(61)39-18-16-36(17-19-39)24-28-53-32-47(59)44-20-22-46(58)49-45(44)21-23-48(60)55-49)35-64-43-15-7-13-41(31-43)52(63,40-11-5-2-6-12-40)51(62)65-34-38-25-29-56(30-26-38)33-37-9-3-1-4-10-37/h1-7,9-13,15-23,31,38,47,53,58-59,63H,8,14,24-30,32-35H2,(H,54,61)(H,55,60)/t47-,52-/m0/s1. The fraction of sp³-hybridized carbons (Fsp3) is 0.308. The zero-order chi connectivity index (χ0) is 45.6. The number of aromatic amines is 1. The van der Waals surface area contributed by atoms with Crippen LogP contribution in [0.1, 0.15) is 70.0 Å². The minimum Gasteiger partial charge on any atom is -0.506 e. The Kier molecular flexibility index (Phi) is 15.9. The first-order chi connectivity index (χ1) is 31.6. The van der Waals surface area contributed by atoms with Crippen molar-refractivity contribution in [2.45, 2.75) is 50.4 Å². The number of rotatable bonds is 21. The highest BCUT2D eigenvalue weighted by atomic mass is 16.5. The summed E-state index contributed by atoms with van der Waals surface area (Å²) in [4.78, 5) is 56.2. The number of nitrogens with one attached hydrogen (secondary N) is 3. The van der Waals surface area contributed by atoms with Crippen LogP contribution in [0.3, 0.4) is 0 Å². The van der Waals surface area contributed by atoms with E-state index in [-0.39, 0.29) is 66.2 Å². The Hall–Kier alpha value is -6.64. The molecular formula is C52H56N4O9. The number of phenols is 1. The Bertz CT molecular complexity index is 2580. The van der Waals surface area contributed by atoms with E-state index in [1.807, 2.05) is 30.3 Å². The number of piperidine rings is 1. The van der Waals surface area contributed by atoms with E-state index in [2.05, 4.69) is 32.7 Å². The molecule has 1 amide bonds. The number of carbonyl (C=O) groups excluding carboxylic acids is 3. The molecule has 1 aromatic heterocycles. The molecule has 6 N–H and O–H groups in total. The van der Waals surface area contributed by atoms with Crippen LogP contribution in [-0.2, 0) is 32.9 Å². The number of aliphatic hydroxyl groups is 2. The smallest absolute Gasteiger partial charge is 0.347 e. The number of likely N-dealkylation sites (tertiary alicyclic amines) is 1. The highest BCUT2D eigenvalue weighted by Gasteiger charge is 2.42. The van der Waals surface area contributed by atoms with Crippen molar-refractivity contribution in [3.63, 3.8) is 0 Å². The lowest BCUT2D eigenvalue weighted by Crippen LogP contribution is -2.40. The quantitative estimate of drug-likeness (QED) is 0.0370. The molecule has 0 unspecified atom stereocenters. The highest BCUT2D eigenvalue weighted by molar-refractivity contribution is 5.94. The van der Waals surface area contributed by atoms with Gasteiger partial charge in [-0.1, -0.05) is 91.0 Å². The van der Waals surface area contributed by atoms with Gasteiger partial charge < -0.3 is 40.4 Å². The molecule has 0 spiro atoms. The highest BCUT2D eigenvalue weighted by Crippen LogP contribution is 2.34. The molecule has 338 valence electrons. The van der Waals surface area contributed by atoms with E-state index in [0.29, 0.717) is 53.8 Å². The number of amides is 1. The van der Waals surface area contributed by atoms with Crippen LogP contribution in [0.4, 0.5) is 0 Å². The van der Waals surface area contributed by atoms with Gasteiger partial charge in [0.25, 0.3) is 5.91 Å². The largest absolute Gasteiger partial charge is 0.506 e. The summed E-state index contributed by atoms with van der Waals surface area (Å²) in [6, 6.07) is 38.8. The third-order valence-electron chi connectivity index (χ3n) is 11.9. The first kappa shape index (κ1) is 46.4. The molecule has 13 heteroatoms. The molecule has 65 heavy (non-hydrogen) atoms. The number of fused-ring (bicyclic) bond motifs is 1. The van der Waals surface area contributed by atoms with Crippen LogP contribution >= 0.6 is 0 Å². The van der Waals surface area contributed by atoms with Gasteiger partial charge in [0.2, 0.25) is 11.2 Å². The summed E-state index contributed by atoms with van der Waals surface area (Å²) < 4.78 is 11.7. The summed E-state index contributed by atoms with van der Waals surface area (Å²) in [7, 11) is 0. The number of aliphatic hydroxyl groups excluding tert-OH is 1. The van der Waals surface area contributed by atoms with Crippen molar-refractivity contribution in [1.82, 2.24) is 20.5 Å². The molecule has 2 heterocycles. The summed E-state index contributed by atoms with van der Waals surface area (Å²) in [5, 5.41) is 39.7. The van der Waals surface area contributed by atoms with Crippen molar-refractivity contribution in [2.24, 2.45) is 5.92 Å². The fourth-order valence-corrected chi connectivity index (χ4v) is 8.12. The number of Topliss-reactive ketones (excluding diaryl/α,β-unsaturated/α-hetero) is 1. The second kappa shape index (κ2) is 22.3. The number of esters is 1. The predicted molar refractivity (Wildman–Crippen MR) is 248 cm³/mol. The molecule has 1 fully saturated rings. The lowest BCUT2D eigenvalue weighted by Gasteiger charge is -2.33. The normalized spacial score (nSPS) is 14.6. The van der Waals surface area contributed by atoms with Crippen molar-refractivity contribution < 1.29 is 39.2 Å². The number of ketones is 1. The van der Waals surface area contributed by atoms with Gasteiger partial charge in [0.1, 0.15) is 18.1 Å². The van der Waals surface area contributed by atoms with Crippen molar-refractivity contribution in [3.8, 4) is 11.5 Å². The average molecular weight is 881 g/mol. The van der Waals surface area contributed by atoms with Crippen LogP contribution in [0, 0.1) is 5.92 Å². The molecule has 0 radical (unpaired) electrons. The van der Waals surface area contributed by atoms with Crippen LogP contribution < -0.4 is 20.9 Å². The minimum absolute atomic E-state index is 0.0650. The number of carbonyl (C=O) groups is 3. The number of nitrogens with zero attached hydrogens (tertiary/aromatic N) is 1. The number of ether oxygens (including phenoxy) is 2. The average Bonchev–Trinajstić information content (AvgIpc) is 3.34.